The Hall–Kier alpha value is -0.590. The number of thiophene rings is 1. The lowest BCUT2D eigenvalue weighted by Crippen LogP contribution is -2.02. The monoisotopic (exact) mass is 330 g/mol. The fourth-order valence-electron chi connectivity index (χ4n) is 1.42. The molecule has 0 aliphatic carbocycles. The van der Waals surface area contributed by atoms with Crippen LogP contribution in [0.15, 0.2) is 27.0 Å². The summed E-state index contributed by atoms with van der Waals surface area (Å²) in [7, 11) is 1.89. The predicted molar refractivity (Wildman–Crippen MR) is 75.0 cm³/mol. The molecule has 0 atom stereocenters. The summed E-state index contributed by atoms with van der Waals surface area (Å²) in [4.78, 5) is 12.7. The molecule has 0 amide bonds. The van der Waals surface area contributed by atoms with Crippen molar-refractivity contribution in [2.24, 2.45) is 7.05 Å². The Balaban J connectivity index is 2.02. The number of carbonyl (C=O) groups excluding carboxylic acids is 1. The fourth-order valence-corrected chi connectivity index (χ4v) is 3.95. The van der Waals surface area contributed by atoms with Gasteiger partial charge in [-0.15, -0.1) is 11.3 Å². The van der Waals surface area contributed by atoms with Gasteiger partial charge < -0.3 is 0 Å². The molecule has 3 nitrogen and oxygen atoms in total. The first kappa shape index (κ1) is 12.9. The Morgan fingerprint density at radius 3 is 2.94 bits per heavy atom. The number of rotatable bonds is 4. The van der Waals surface area contributed by atoms with Gasteiger partial charge in [0.15, 0.2) is 5.78 Å². The number of aryl methyl sites for hydroxylation is 2. The molecule has 2 heterocycles. The van der Waals surface area contributed by atoms with Crippen LogP contribution in [0.25, 0.3) is 0 Å². The minimum Gasteiger partial charge on any atom is -0.292 e. The van der Waals surface area contributed by atoms with E-state index in [1.54, 1.807) is 4.68 Å². The van der Waals surface area contributed by atoms with Crippen LogP contribution in [0.2, 0.25) is 0 Å². The van der Waals surface area contributed by atoms with Crippen molar-refractivity contribution in [2.75, 3.05) is 5.75 Å². The normalized spacial score (nSPS) is 10.8. The Morgan fingerprint density at radius 2 is 2.41 bits per heavy atom. The summed E-state index contributed by atoms with van der Waals surface area (Å²) < 4.78 is 2.69. The third-order valence-corrected chi connectivity index (χ3v) is 5.14. The molecule has 2 aromatic heterocycles. The van der Waals surface area contributed by atoms with E-state index in [9.17, 15) is 4.79 Å². The van der Waals surface area contributed by atoms with E-state index in [0.717, 1.165) is 20.1 Å². The molecule has 0 aliphatic rings. The van der Waals surface area contributed by atoms with Crippen LogP contribution in [0.4, 0.5) is 0 Å². The second-order valence-electron chi connectivity index (χ2n) is 3.56. The molecule has 0 saturated heterocycles. The first-order chi connectivity index (χ1) is 8.08. The van der Waals surface area contributed by atoms with Crippen LogP contribution in [0.1, 0.15) is 15.4 Å². The van der Waals surface area contributed by atoms with Gasteiger partial charge in [-0.25, -0.2) is 0 Å². The number of hydrogen-bond acceptors (Lipinski definition) is 4. The third kappa shape index (κ3) is 3.00. The number of carbonyl (C=O) groups is 1. The first-order valence-corrected chi connectivity index (χ1v) is 7.63. The lowest BCUT2D eigenvalue weighted by Gasteiger charge is -2.00. The van der Waals surface area contributed by atoms with Gasteiger partial charge >= 0.3 is 0 Å². The minimum atomic E-state index is 0.149. The van der Waals surface area contributed by atoms with Crippen molar-refractivity contribution in [3.8, 4) is 0 Å². The number of ketones is 1. The van der Waals surface area contributed by atoms with Crippen LogP contribution in [-0.4, -0.2) is 21.3 Å². The van der Waals surface area contributed by atoms with Crippen molar-refractivity contribution in [3.05, 3.63) is 32.6 Å². The number of halogens is 1. The van der Waals surface area contributed by atoms with E-state index in [2.05, 4.69) is 21.0 Å². The van der Waals surface area contributed by atoms with Crippen LogP contribution >= 0.6 is 39.0 Å². The zero-order chi connectivity index (χ0) is 12.4. The van der Waals surface area contributed by atoms with Crippen LogP contribution in [0, 0.1) is 6.92 Å². The summed E-state index contributed by atoms with van der Waals surface area (Å²) in [6, 6.07) is 3.89. The van der Waals surface area contributed by atoms with Gasteiger partial charge in [0.25, 0.3) is 0 Å². The molecular weight excluding hydrogens is 320 g/mol. The maximum Gasteiger partial charge on any atom is 0.184 e. The van der Waals surface area contributed by atoms with Crippen molar-refractivity contribution in [3.63, 3.8) is 0 Å². The highest BCUT2D eigenvalue weighted by molar-refractivity contribution is 9.10. The summed E-state index contributed by atoms with van der Waals surface area (Å²) in [6.07, 6.45) is 0. The van der Waals surface area contributed by atoms with Gasteiger partial charge in [-0.2, -0.15) is 5.10 Å². The molecule has 0 unspecified atom stereocenters. The molecule has 2 rings (SSSR count). The highest BCUT2D eigenvalue weighted by Gasteiger charge is 2.13. The fraction of sp³-hybridized carbons (Fsp3) is 0.273. The van der Waals surface area contributed by atoms with E-state index in [4.69, 9.17) is 0 Å². The van der Waals surface area contributed by atoms with E-state index in [1.165, 1.54) is 23.1 Å². The Labute approximate surface area is 116 Å². The Morgan fingerprint density at radius 1 is 1.65 bits per heavy atom. The van der Waals surface area contributed by atoms with E-state index in [-0.39, 0.29) is 5.78 Å². The lowest BCUT2D eigenvalue weighted by molar-refractivity contribution is 0.102. The van der Waals surface area contributed by atoms with Crippen molar-refractivity contribution in [1.82, 2.24) is 9.78 Å². The number of thioether (sulfide) groups is 1. The van der Waals surface area contributed by atoms with Crippen LogP contribution in [0.5, 0.6) is 0 Å². The smallest absolute Gasteiger partial charge is 0.184 e. The Bertz CT molecular complexity index is 547. The van der Waals surface area contributed by atoms with E-state index in [1.807, 2.05) is 31.5 Å². The zero-order valence-electron chi connectivity index (χ0n) is 9.44. The minimum absolute atomic E-state index is 0.149. The lowest BCUT2D eigenvalue weighted by atomic mass is 10.3. The van der Waals surface area contributed by atoms with Gasteiger partial charge in [-0.05, 0) is 40.4 Å². The van der Waals surface area contributed by atoms with E-state index < -0.39 is 0 Å². The average Bonchev–Trinajstić information content (AvgIpc) is 2.81. The molecule has 0 saturated carbocycles. The molecule has 6 heteroatoms. The van der Waals surface area contributed by atoms with Gasteiger partial charge in [-0.3, -0.25) is 9.48 Å². The molecule has 0 aliphatic heterocycles. The first-order valence-electron chi connectivity index (χ1n) is 4.97. The van der Waals surface area contributed by atoms with E-state index in [0.29, 0.717) is 5.75 Å². The number of hydrogen-bond donors (Lipinski definition) is 0. The third-order valence-electron chi connectivity index (χ3n) is 2.18. The van der Waals surface area contributed by atoms with Crippen LogP contribution in [-0.2, 0) is 7.05 Å². The highest BCUT2D eigenvalue weighted by atomic mass is 79.9. The molecule has 0 spiro atoms. The molecule has 17 heavy (non-hydrogen) atoms. The summed E-state index contributed by atoms with van der Waals surface area (Å²) >= 11 is 6.36. The molecular formula is C11H11BrN2OS2. The zero-order valence-corrected chi connectivity index (χ0v) is 12.7. The van der Waals surface area contributed by atoms with Crippen molar-refractivity contribution < 1.29 is 4.79 Å². The van der Waals surface area contributed by atoms with Gasteiger partial charge in [-0.1, -0.05) is 11.8 Å². The Kier molecular flexibility index (Phi) is 4.06. The predicted octanol–water partition coefficient (Wildman–Crippen LogP) is 3.53. The van der Waals surface area contributed by atoms with Crippen molar-refractivity contribution in [2.45, 2.75) is 11.9 Å². The quantitative estimate of drug-likeness (QED) is 0.635. The molecule has 0 radical (unpaired) electrons. The van der Waals surface area contributed by atoms with Gasteiger partial charge in [0.05, 0.1) is 21.3 Å². The van der Waals surface area contributed by atoms with Gasteiger partial charge in [0.1, 0.15) is 0 Å². The van der Waals surface area contributed by atoms with Crippen molar-refractivity contribution in [1.29, 1.82) is 0 Å². The second-order valence-corrected chi connectivity index (χ2v) is 6.32. The van der Waals surface area contributed by atoms with Gasteiger partial charge in [0, 0.05) is 11.5 Å². The molecule has 0 fully saturated rings. The topological polar surface area (TPSA) is 34.9 Å². The van der Waals surface area contributed by atoms with Crippen LogP contribution in [0.3, 0.4) is 0 Å². The SMILES string of the molecule is Cc1cc(SCC(=O)c2sccc2Br)n(C)n1. The number of Topliss-reactive ketones (excluding diaryl/α,β-unsaturated/α-hetero) is 1. The number of aromatic nitrogens is 2. The van der Waals surface area contributed by atoms with E-state index >= 15 is 0 Å². The van der Waals surface area contributed by atoms with Crippen molar-refractivity contribution >= 4 is 44.8 Å². The largest absolute Gasteiger partial charge is 0.292 e. The summed E-state index contributed by atoms with van der Waals surface area (Å²) in [5, 5.41) is 7.18. The summed E-state index contributed by atoms with van der Waals surface area (Å²) in [5.74, 6) is 0.591. The molecule has 0 bridgehead atoms. The standard InChI is InChI=1S/C11H11BrN2OS2/c1-7-5-10(14(2)13-7)17-6-9(15)11-8(12)3-4-16-11/h3-5H,6H2,1-2H3. The highest BCUT2D eigenvalue weighted by Crippen LogP contribution is 2.26. The molecule has 0 N–H and O–H groups in total. The second kappa shape index (κ2) is 5.37. The molecule has 90 valence electrons. The maximum absolute atomic E-state index is 11.9. The maximum atomic E-state index is 11.9. The van der Waals surface area contributed by atoms with Crippen LogP contribution < -0.4 is 0 Å². The summed E-state index contributed by atoms with van der Waals surface area (Å²) in [5.41, 5.74) is 0.972. The average molecular weight is 331 g/mol. The van der Waals surface area contributed by atoms with Gasteiger partial charge in [0.2, 0.25) is 0 Å². The molecule has 2 aromatic rings. The summed E-state index contributed by atoms with van der Waals surface area (Å²) in [6.45, 7) is 1.95. The molecule has 0 aromatic carbocycles. The number of nitrogens with zero attached hydrogens (tertiary/aromatic N) is 2.